The highest BCUT2D eigenvalue weighted by Crippen LogP contribution is 2.21. The maximum atomic E-state index is 13.1. The second-order valence-corrected chi connectivity index (χ2v) is 6.05. The molecule has 3 aromatic heterocycles. The number of aromatic amines is 2. The summed E-state index contributed by atoms with van der Waals surface area (Å²) < 4.78 is 13.1. The summed E-state index contributed by atoms with van der Waals surface area (Å²) in [5.41, 5.74) is 3.70. The summed E-state index contributed by atoms with van der Waals surface area (Å²) in [6.45, 7) is 1.38. The van der Waals surface area contributed by atoms with Crippen LogP contribution < -0.4 is 5.32 Å². The van der Waals surface area contributed by atoms with Gasteiger partial charge in [0.2, 0.25) is 0 Å². The first kappa shape index (κ1) is 17.0. The fourth-order valence-electron chi connectivity index (χ4n) is 2.77. The smallest absolute Gasteiger partial charge is 0.182 e. The van der Waals surface area contributed by atoms with Crippen molar-refractivity contribution in [1.29, 1.82) is 0 Å². The van der Waals surface area contributed by atoms with Crippen LogP contribution in [0, 0.1) is 5.82 Å². The molecule has 0 spiro atoms. The molecular weight excluding hydrogens is 345 g/mol. The van der Waals surface area contributed by atoms with Gasteiger partial charge in [-0.25, -0.2) is 9.37 Å². The van der Waals surface area contributed by atoms with Crippen LogP contribution in [0.15, 0.2) is 55.0 Å². The number of rotatable bonds is 7. The minimum absolute atomic E-state index is 0.254. The summed E-state index contributed by atoms with van der Waals surface area (Å²) in [4.78, 5) is 8.56. The zero-order valence-corrected chi connectivity index (χ0v) is 14.5. The average molecular weight is 363 g/mol. The van der Waals surface area contributed by atoms with Gasteiger partial charge in [0.15, 0.2) is 5.82 Å². The lowest BCUT2D eigenvalue weighted by Crippen LogP contribution is -2.17. The largest absolute Gasteiger partial charge is 0.312 e. The van der Waals surface area contributed by atoms with Gasteiger partial charge >= 0.3 is 0 Å². The van der Waals surface area contributed by atoms with E-state index in [1.165, 1.54) is 12.1 Å². The van der Waals surface area contributed by atoms with E-state index in [0.717, 1.165) is 41.2 Å². The maximum absolute atomic E-state index is 13.1. The number of pyridine rings is 1. The highest BCUT2D eigenvalue weighted by molar-refractivity contribution is 5.62. The number of hydrogen-bond donors (Lipinski definition) is 3. The van der Waals surface area contributed by atoms with Gasteiger partial charge in [-0.1, -0.05) is 0 Å². The van der Waals surface area contributed by atoms with Gasteiger partial charge in [-0.05, 0) is 36.4 Å². The van der Waals surface area contributed by atoms with Crippen molar-refractivity contribution in [2.45, 2.75) is 13.0 Å². The van der Waals surface area contributed by atoms with Gasteiger partial charge in [0, 0.05) is 48.6 Å². The number of nitrogens with zero attached hydrogens (tertiary/aromatic N) is 4. The molecule has 3 heterocycles. The Morgan fingerprint density at radius 1 is 1.00 bits per heavy atom. The molecule has 1 aromatic carbocycles. The summed E-state index contributed by atoms with van der Waals surface area (Å²) in [5.74, 6) is 1.20. The molecule has 7 nitrogen and oxygen atoms in total. The quantitative estimate of drug-likeness (QED) is 0.439. The van der Waals surface area contributed by atoms with E-state index >= 15 is 0 Å². The second-order valence-electron chi connectivity index (χ2n) is 6.05. The van der Waals surface area contributed by atoms with Gasteiger partial charge in [0.05, 0.1) is 11.9 Å². The van der Waals surface area contributed by atoms with Gasteiger partial charge in [0.1, 0.15) is 11.6 Å². The number of halogens is 1. The Hall–Kier alpha value is -3.39. The summed E-state index contributed by atoms with van der Waals surface area (Å²) in [5, 5.41) is 17.6. The molecule has 0 aliphatic carbocycles. The molecule has 4 rings (SSSR count). The predicted octanol–water partition coefficient (Wildman–Crippen LogP) is 2.73. The zero-order chi connectivity index (χ0) is 18.5. The molecular formula is C19H18FN7. The standard InChI is InChI=1S/C19H18FN7/c20-16-5-3-13(4-6-16)18-15(12-23-26-18)11-22-9-7-17-24-19(27-25-17)14-2-1-8-21-10-14/h1-6,8,10,12,22H,7,9,11H2,(H,23,26)(H,24,25,27). The van der Waals surface area contributed by atoms with Gasteiger partial charge in [0.25, 0.3) is 0 Å². The Balaban J connectivity index is 1.32. The van der Waals surface area contributed by atoms with E-state index in [1.54, 1.807) is 30.7 Å². The van der Waals surface area contributed by atoms with Crippen LogP contribution in [0.5, 0.6) is 0 Å². The highest BCUT2D eigenvalue weighted by atomic mass is 19.1. The Labute approximate surface area is 155 Å². The first-order valence-corrected chi connectivity index (χ1v) is 8.60. The Kier molecular flexibility index (Phi) is 4.97. The number of aromatic nitrogens is 6. The van der Waals surface area contributed by atoms with Crippen LogP contribution in [0.2, 0.25) is 0 Å². The van der Waals surface area contributed by atoms with Crippen LogP contribution in [0.3, 0.4) is 0 Å². The molecule has 0 aliphatic rings. The molecule has 0 bridgehead atoms. The fourth-order valence-corrected chi connectivity index (χ4v) is 2.77. The summed E-state index contributed by atoms with van der Waals surface area (Å²) in [6, 6.07) is 10.1. The van der Waals surface area contributed by atoms with Crippen LogP contribution in [0.4, 0.5) is 4.39 Å². The van der Waals surface area contributed by atoms with Crippen LogP contribution in [-0.4, -0.2) is 36.9 Å². The molecule has 0 unspecified atom stereocenters. The Morgan fingerprint density at radius 3 is 2.70 bits per heavy atom. The van der Waals surface area contributed by atoms with Crippen molar-refractivity contribution in [3.05, 3.63) is 72.2 Å². The van der Waals surface area contributed by atoms with Crippen molar-refractivity contribution < 1.29 is 4.39 Å². The SMILES string of the molecule is Fc1ccc(-c2[nH]ncc2CNCCc2nc(-c3cccnc3)n[nH]2)cc1. The Bertz CT molecular complexity index is 992. The first-order chi connectivity index (χ1) is 13.3. The minimum Gasteiger partial charge on any atom is -0.312 e. The van der Waals surface area contributed by atoms with Gasteiger partial charge in [-0.15, -0.1) is 0 Å². The molecule has 4 aromatic rings. The maximum Gasteiger partial charge on any atom is 0.182 e. The molecule has 0 aliphatic heterocycles. The number of nitrogens with one attached hydrogen (secondary N) is 3. The Morgan fingerprint density at radius 2 is 1.89 bits per heavy atom. The number of hydrogen-bond acceptors (Lipinski definition) is 5. The monoisotopic (exact) mass is 363 g/mol. The normalized spacial score (nSPS) is 11.0. The predicted molar refractivity (Wildman–Crippen MR) is 99.0 cm³/mol. The summed E-state index contributed by atoms with van der Waals surface area (Å²) >= 11 is 0. The average Bonchev–Trinajstić information content (AvgIpc) is 3.36. The third-order valence-corrected chi connectivity index (χ3v) is 4.16. The van der Waals surface area contributed by atoms with Crippen molar-refractivity contribution >= 4 is 0 Å². The molecule has 0 saturated carbocycles. The lowest BCUT2D eigenvalue weighted by Gasteiger charge is -2.05. The van der Waals surface area contributed by atoms with E-state index in [-0.39, 0.29) is 5.82 Å². The van der Waals surface area contributed by atoms with E-state index < -0.39 is 0 Å². The van der Waals surface area contributed by atoms with Crippen LogP contribution in [0.25, 0.3) is 22.6 Å². The lowest BCUT2D eigenvalue weighted by molar-refractivity contribution is 0.628. The summed E-state index contributed by atoms with van der Waals surface area (Å²) in [7, 11) is 0. The van der Waals surface area contributed by atoms with Crippen LogP contribution >= 0.6 is 0 Å². The first-order valence-electron chi connectivity index (χ1n) is 8.60. The molecule has 136 valence electrons. The van der Waals surface area contributed by atoms with Gasteiger partial charge < -0.3 is 5.32 Å². The summed E-state index contributed by atoms with van der Waals surface area (Å²) in [6.07, 6.45) is 5.95. The zero-order valence-electron chi connectivity index (χ0n) is 14.5. The second kappa shape index (κ2) is 7.88. The molecule has 27 heavy (non-hydrogen) atoms. The van der Waals surface area contributed by atoms with Gasteiger partial charge in [-0.3, -0.25) is 15.2 Å². The number of H-pyrrole nitrogens is 2. The van der Waals surface area contributed by atoms with Gasteiger partial charge in [-0.2, -0.15) is 10.2 Å². The number of benzene rings is 1. The van der Waals surface area contributed by atoms with Crippen molar-refractivity contribution in [1.82, 2.24) is 35.7 Å². The molecule has 3 N–H and O–H groups in total. The molecule has 0 saturated heterocycles. The third kappa shape index (κ3) is 4.06. The van der Waals surface area contributed by atoms with Crippen molar-refractivity contribution in [2.75, 3.05) is 6.54 Å². The third-order valence-electron chi connectivity index (χ3n) is 4.16. The van der Waals surface area contributed by atoms with Crippen molar-refractivity contribution in [2.24, 2.45) is 0 Å². The molecule has 0 fully saturated rings. The molecule has 8 heteroatoms. The van der Waals surface area contributed by atoms with E-state index in [0.29, 0.717) is 12.4 Å². The van der Waals surface area contributed by atoms with Crippen LogP contribution in [-0.2, 0) is 13.0 Å². The van der Waals surface area contributed by atoms with Crippen molar-refractivity contribution in [3.8, 4) is 22.6 Å². The van der Waals surface area contributed by atoms with E-state index in [4.69, 9.17) is 0 Å². The molecule has 0 atom stereocenters. The van der Waals surface area contributed by atoms with E-state index in [9.17, 15) is 4.39 Å². The van der Waals surface area contributed by atoms with Crippen molar-refractivity contribution in [3.63, 3.8) is 0 Å². The highest BCUT2D eigenvalue weighted by Gasteiger charge is 2.09. The van der Waals surface area contributed by atoms with E-state index in [1.807, 2.05) is 12.1 Å². The topological polar surface area (TPSA) is 95.2 Å². The molecule has 0 radical (unpaired) electrons. The lowest BCUT2D eigenvalue weighted by atomic mass is 10.1. The van der Waals surface area contributed by atoms with E-state index in [2.05, 4.69) is 35.7 Å². The van der Waals surface area contributed by atoms with Crippen LogP contribution in [0.1, 0.15) is 11.4 Å². The minimum atomic E-state index is -0.254. The fraction of sp³-hybridized carbons (Fsp3) is 0.158. The molecule has 0 amide bonds.